The largest absolute Gasteiger partial charge is 0.494 e. The lowest BCUT2D eigenvalue weighted by Crippen LogP contribution is -2.14. The zero-order chi connectivity index (χ0) is 21.4. The van der Waals surface area contributed by atoms with Crippen LogP contribution in [0.3, 0.4) is 0 Å². The molecule has 0 aliphatic carbocycles. The summed E-state index contributed by atoms with van der Waals surface area (Å²) in [6.45, 7) is 3.85. The quantitative estimate of drug-likeness (QED) is 0.205. The van der Waals surface area contributed by atoms with Gasteiger partial charge in [-0.25, -0.2) is 0 Å². The van der Waals surface area contributed by atoms with Gasteiger partial charge in [0.2, 0.25) is 0 Å². The summed E-state index contributed by atoms with van der Waals surface area (Å²) in [7, 11) is 1.32. The molecule has 0 fully saturated rings. The first-order valence-electron chi connectivity index (χ1n) is 8.18. The van der Waals surface area contributed by atoms with Gasteiger partial charge in [0.05, 0.1) is 23.8 Å². The molecule has 1 N–H and O–H groups in total. The summed E-state index contributed by atoms with van der Waals surface area (Å²) in [5.41, 5.74) is 0.339. The molecule has 8 nitrogen and oxygen atoms in total. The van der Waals surface area contributed by atoms with Crippen LogP contribution in [0.1, 0.15) is 5.56 Å². The molecule has 0 bridgehead atoms. The SMILES string of the molecule is C=CCOc1ccc(Br)cc1C=C(C#N)C(=O)Nc1ccc([N+](=O)[O-])cc1OC. The average molecular weight is 458 g/mol. The van der Waals surface area contributed by atoms with Crippen LogP contribution in [0.4, 0.5) is 11.4 Å². The number of ether oxygens (including phenoxy) is 2. The number of carbonyl (C=O) groups is 1. The predicted octanol–water partition coefficient (Wildman–Crippen LogP) is 4.48. The van der Waals surface area contributed by atoms with Crippen LogP contribution >= 0.6 is 15.9 Å². The third-order valence-electron chi connectivity index (χ3n) is 3.64. The lowest BCUT2D eigenvalue weighted by atomic mass is 10.1. The molecule has 0 radical (unpaired) electrons. The minimum atomic E-state index is -0.700. The van der Waals surface area contributed by atoms with Gasteiger partial charge in [0, 0.05) is 16.1 Å². The monoisotopic (exact) mass is 457 g/mol. The summed E-state index contributed by atoms with van der Waals surface area (Å²) in [4.78, 5) is 22.9. The fourth-order valence-electron chi connectivity index (χ4n) is 2.30. The van der Waals surface area contributed by atoms with E-state index >= 15 is 0 Å². The van der Waals surface area contributed by atoms with Gasteiger partial charge in [0.15, 0.2) is 0 Å². The summed E-state index contributed by atoms with van der Waals surface area (Å²) in [6.07, 6.45) is 2.96. The fraction of sp³-hybridized carbons (Fsp3) is 0.100. The first kappa shape index (κ1) is 21.7. The first-order valence-corrected chi connectivity index (χ1v) is 8.97. The lowest BCUT2D eigenvalue weighted by molar-refractivity contribution is -0.384. The predicted molar refractivity (Wildman–Crippen MR) is 112 cm³/mol. The van der Waals surface area contributed by atoms with Gasteiger partial charge in [-0.2, -0.15) is 5.26 Å². The van der Waals surface area contributed by atoms with E-state index in [1.807, 2.05) is 6.07 Å². The number of halogens is 1. The molecule has 0 atom stereocenters. The summed E-state index contributed by atoms with van der Waals surface area (Å²) in [6, 6.07) is 10.8. The average Bonchev–Trinajstić information content (AvgIpc) is 2.71. The molecular formula is C20H16BrN3O5. The maximum absolute atomic E-state index is 12.6. The summed E-state index contributed by atoms with van der Waals surface area (Å²) in [5, 5.41) is 22.9. The number of methoxy groups -OCH3 is 1. The molecule has 0 aliphatic heterocycles. The number of benzene rings is 2. The Hall–Kier alpha value is -3.64. The van der Waals surface area contributed by atoms with E-state index in [1.54, 1.807) is 24.3 Å². The topological polar surface area (TPSA) is 114 Å². The van der Waals surface area contributed by atoms with Gasteiger partial charge < -0.3 is 14.8 Å². The van der Waals surface area contributed by atoms with Crippen LogP contribution < -0.4 is 14.8 Å². The van der Waals surface area contributed by atoms with Crippen molar-refractivity contribution in [3.63, 3.8) is 0 Å². The maximum Gasteiger partial charge on any atom is 0.273 e. The third-order valence-corrected chi connectivity index (χ3v) is 4.13. The highest BCUT2D eigenvalue weighted by atomic mass is 79.9. The summed E-state index contributed by atoms with van der Waals surface area (Å²) >= 11 is 3.34. The Kier molecular flexibility index (Phi) is 7.51. The van der Waals surface area contributed by atoms with Crippen LogP contribution in [0.15, 0.2) is 59.1 Å². The normalized spacial score (nSPS) is 10.6. The van der Waals surface area contributed by atoms with Gasteiger partial charge in [-0.05, 0) is 30.3 Å². The van der Waals surface area contributed by atoms with Gasteiger partial charge in [0.25, 0.3) is 11.6 Å². The molecule has 0 unspecified atom stereocenters. The number of nitrogens with zero attached hydrogens (tertiary/aromatic N) is 2. The minimum Gasteiger partial charge on any atom is -0.494 e. The Morgan fingerprint density at radius 1 is 1.34 bits per heavy atom. The van der Waals surface area contributed by atoms with Gasteiger partial charge in [-0.3, -0.25) is 14.9 Å². The Labute approximate surface area is 175 Å². The summed E-state index contributed by atoms with van der Waals surface area (Å²) in [5.74, 6) is -0.127. The van der Waals surface area contributed by atoms with Crippen LogP contribution in [0.5, 0.6) is 11.5 Å². The molecule has 1 amide bonds. The van der Waals surface area contributed by atoms with Crippen molar-refractivity contribution < 1.29 is 19.2 Å². The van der Waals surface area contributed by atoms with Crippen LogP contribution in [-0.2, 0) is 4.79 Å². The van der Waals surface area contributed by atoms with Crippen molar-refractivity contribution in [2.45, 2.75) is 0 Å². The van der Waals surface area contributed by atoms with Gasteiger partial charge >= 0.3 is 0 Å². The zero-order valence-corrected chi connectivity index (χ0v) is 16.9. The van der Waals surface area contributed by atoms with E-state index < -0.39 is 10.8 Å². The number of hydrogen-bond donors (Lipinski definition) is 1. The van der Waals surface area contributed by atoms with Gasteiger partial charge in [-0.1, -0.05) is 28.6 Å². The van der Waals surface area contributed by atoms with Crippen LogP contribution in [0, 0.1) is 21.4 Å². The number of hydrogen-bond acceptors (Lipinski definition) is 6. The fourth-order valence-corrected chi connectivity index (χ4v) is 2.68. The Morgan fingerprint density at radius 2 is 2.10 bits per heavy atom. The van der Waals surface area contributed by atoms with Gasteiger partial charge in [0.1, 0.15) is 29.7 Å². The van der Waals surface area contributed by atoms with Crippen molar-refractivity contribution in [1.82, 2.24) is 0 Å². The Morgan fingerprint density at radius 3 is 2.72 bits per heavy atom. The molecule has 0 aromatic heterocycles. The van der Waals surface area contributed by atoms with Crippen LogP contribution in [0.2, 0.25) is 0 Å². The van der Waals surface area contributed by atoms with Crippen LogP contribution in [0.25, 0.3) is 6.08 Å². The zero-order valence-electron chi connectivity index (χ0n) is 15.3. The minimum absolute atomic E-state index is 0.0994. The highest BCUT2D eigenvalue weighted by Gasteiger charge is 2.16. The van der Waals surface area contributed by atoms with Crippen molar-refractivity contribution in [3.8, 4) is 17.6 Å². The van der Waals surface area contributed by atoms with E-state index in [2.05, 4.69) is 27.8 Å². The van der Waals surface area contributed by atoms with Crippen molar-refractivity contribution >= 4 is 39.3 Å². The number of nitrogens with one attached hydrogen (secondary N) is 1. The molecule has 148 valence electrons. The first-order chi connectivity index (χ1) is 13.9. The molecule has 2 aromatic carbocycles. The lowest BCUT2D eigenvalue weighted by Gasteiger charge is -2.11. The third kappa shape index (κ3) is 5.67. The van der Waals surface area contributed by atoms with Crippen LogP contribution in [-0.4, -0.2) is 24.5 Å². The van der Waals surface area contributed by atoms with Crippen molar-refractivity contribution in [2.24, 2.45) is 0 Å². The maximum atomic E-state index is 12.6. The second-order valence-corrected chi connectivity index (χ2v) is 6.46. The number of amides is 1. The highest BCUT2D eigenvalue weighted by molar-refractivity contribution is 9.10. The molecule has 29 heavy (non-hydrogen) atoms. The van der Waals surface area contributed by atoms with E-state index in [1.165, 1.54) is 31.4 Å². The molecule has 2 rings (SSSR count). The molecule has 0 aliphatic rings. The number of nitriles is 1. The highest BCUT2D eigenvalue weighted by Crippen LogP contribution is 2.30. The van der Waals surface area contributed by atoms with E-state index in [-0.39, 0.29) is 29.3 Å². The van der Waals surface area contributed by atoms with Crippen molar-refractivity contribution in [3.05, 3.63) is 74.8 Å². The molecule has 0 saturated carbocycles. The summed E-state index contributed by atoms with van der Waals surface area (Å²) < 4.78 is 11.4. The second-order valence-electron chi connectivity index (χ2n) is 5.55. The molecular weight excluding hydrogens is 442 g/mol. The Balaban J connectivity index is 2.35. The van der Waals surface area contributed by atoms with E-state index in [9.17, 15) is 20.2 Å². The number of nitro groups is 1. The van der Waals surface area contributed by atoms with Crippen molar-refractivity contribution in [1.29, 1.82) is 5.26 Å². The molecule has 2 aromatic rings. The van der Waals surface area contributed by atoms with Gasteiger partial charge in [-0.15, -0.1) is 0 Å². The molecule has 0 spiro atoms. The number of nitro benzene ring substituents is 1. The number of non-ortho nitro benzene ring substituents is 1. The standard InChI is InChI=1S/C20H16BrN3O5/c1-3-8-29-18-7-4-15(21)10-13(18)9-14(12-22)20(25)23-17-6-5-16(24(26)27)11-19(17)28-2/h3-7,9-11H,1,8H2,2H3,(H,23,25). The van der Waals surface area contributed by atoms with Crippen molar-refractivity contribution in [2.75, 3.05) is 19.0 Å². The van der Waals surface area contributed by atoms with E-state index in [0.717, 1.165) is 4.47 Å². The number of anilines is 1. The number of rotatable bonds is 8. The second kappa shape index (κ2) is 10.1. The molecule has 0 saturated heterocycles. The van der Waals surface area contributed by atoms with E-state index in [0.29, 0.717) is 11.3 Å². The molecule has 0 heterocycles. The smallest absolute Gasteiger partial charge is 0.273 e. The number of carbonyl (C=O) groups excluding carboxylic acids is 1. The molecule has 9 heteroatoms. The van der Waals surface area contributed by atoms with E-state index in [4.69, 9.17) is 9.47 Å². The Bertz CT molecular complexity index is 1030.